The van der Waals surface area contributed by atoms with Gasteiger partial charge in [-0.2, -0.15) is 13.2 Å². The number of hydrogen-bond acceptors (Lipinski definition) is 2. The van der Waals surface area contributed by atoms with Gasteiger partial charge < -0.3 is 10.6 Å². The quantitative estimate of drug-likeness (QED) is 0.650. The van der Waals surface area contributed by atoms with Crippen LogP contribution < -0.4 is 10.6 Å². The maximum Gasteiger partial charge on any atom is 0.416 e. The zero-order chi connectivity index (χ0) is 22.6. The molecule has 166 valence electrons. The number of carbonyl (C=O) groups excluding carboxylic acids is 2. The molecule has 9 heteroatoms. The molecule has 0 heterocycles. The Labute approximate surface area is 175 Å². The molecule has 2 aromatic carbocycles. The summed E-state index contributed by atoms with van der Waals surface area (Å²) in [6.45, 7) is 0. The minimum Gasteiger partial charge on any atom is -0.351 e. The highest BCUT2D eigenvalue weighted by molar-refractivity contribution is 5.98. The molecule has 0 saturated heterocycles. The molecule has 0 radical (unpaired) electrons. The van der Waals surface area contributed by atoms with Crippen molar-refractivity contribution in [2.75, 3.05) is 0 Å². The fourth-order valence-corrected chi connectivity index (χ4v) is 3.61. The second kappa shape index (κ2) is 9.45. The van der Waals surface area contributed by atoms with E-state index in [1.807, 2.05) is 0 Å². The Balaban J connectivity index is 1.88. The van der Waals surface area contributed by atoms with Gasteiger partial charge in [-0.3, -0.25) is 9.59 Å². The molecule has 1 fully saturated rings. The van der Waals surface area contributed by atoms with E-state index in [0.29, 0.717) is 18.9 Å². The van der Waals surface area contributed by atoms with E-state index in [1.54, 1.807) is 0 Å². The van der Waals surface area contributed by atoms with Crippen molar-refractivity contribution in [3.63, 3.8) is 0 Å². The third-order valence-corrected chi connectivity index (χ3v) is 5.23. The highest BCUT2D eigenvalue weighted by Crippen LogP contribution is 2.30. The summed E-state index contributed by atoms with van der Waals surface area (Å²) in [6.07, 6.45) is -0.401. The average molecular weight is 440 g/mol. The van der Waals surface area contributed by atoms with Gasteiger partial charge in [-0.25, -0.2) is 8.78 Å². The van der Waals surface area contributed by atoms with Crippen molar-refractivity contribution >= 4 is 11.8 Å². The van der Waals surface area contributed by atoms with Crippen molar-refractivity contribution in [1.29, 1.82) is 0 Å². The number of hydrogen-bond donors (Lipinski definition) is 2. The van der Waals surface area contributed by atoms with Crippen LogP contribution in [0.25, 0.3) is 0 Å². The molecule has 1 saturated carbocycles. The minimum absolute atomic E-state index is 0.175. The Kier molecular flexibility index (Phi) is 6.92. The second-order valence-electron chi connectivity index (χ2n) is 7.47. The Morgan fingerprint density at radius 3 is 2.32 bits per heavy atom. The van der Waals surface area contributed by atoms with E-state index < -0.39 is 46.8 Å². The lowest BCUT2D eigenvalue weighted by Gasteiger charge is -2.26. The Morgan fingerprint density at radius 1 is 0.968 bits per heavy atom. The van der Waals surface area contributed by atoms with Gasteiger partial charge in [-0.15, -0.1) is 0 Å². The van der Waals surface area contributed by atoms with Crippen LogP contribution in [-0.2, 0) is 11.0 Å². The third kappa shape index (κ3) is 5.59. The van der Waals surface area contributed by atoms with Gasteiger partial charge in [0.2, 0.25) is 5.91 Å². The predicted molar refractivity (Wildman–Crippen MR) is 103 cm³/mol. The summed E-state index contributed by atoms with van der Waals surface area (Å²) in [5.74, 6) is -4.28. The lowest BCUT2D eigenvalue weighted by molar-refractivity contribution is -0.137. The Hall–Kier alpha value is -2.97. The van der Waals surface area contributed by atoms with Gasteiger partial charge >= 0.3 is 6.18 Å². The second-order valence-corrected chi connectivity index (χ2v) is 7.47. The number of carbonyl (C=O) groups is 2. The van der Waals surface area contributed by atoms with Crippen molar-refractivity contribution in [2.24, 2.45) is 0 Å². The van der Waals surface area contributed by atoms with Crippen LogP contribution in [0, 0.1) is 11.6 Å². The van der Waals surface area contributed by atoms with Crippen LogP contribution in [0.5, 0.6) is 0 Å². The topological polar surface area (TPSA) is 58.2 Å². The standard InChI is InChI=1S/C22H21F5N2O2/c23-17-11-5-10-16(18(17)24)19(21(31)28-15-8-2-1-3-9-15)29-20(30)13-6-4-7-14(12-13)22(25,26)27/h4-7,10-12,15,19H,1-3,8-9H2,(H,28,31)(H,29,30). The van der Waals surface area contributed by atoms with Crippen LogP contribution in [0.3, 0.4) is 0 Å². The fourth-order valence-electron chi connectivity index (χ4n) is 3.61. The van der Waals surface area contributed by atoms with Gasteiger partial charge in [0, 0.05) is 17.2 Å². The summed E-state index contributed by atoms with van der Waals surface area (Å²) in [6, 6.07) is 5.04. The van der Waals surface area contributed by atoms with Crippen LogP contribution in [-0.4, -0.2) is 17.9 Å². The molecule has 1 atom stereocenters. The first-order chi connectivity index (χ1) is 14.7. The summed E-state index contributed by atoms with van der Waals surface area (Å²) < 4.78 is 67.0. The summed E-state index contributed by atoms with van der Waals surface area (Å²) in [5, 5.41) is 4.99. The average Bonchev–Trinajstić information content (AvgIpc) is 2.74. The van der Waals surface area contributed by atoms with Crippen LogP contribution in [0.15, 0.2) is 42.5 Å². The third-order valence-electron chi connectivity index (χ3n) is 5.23. The molecule has 1 aliphatic carbocycles. The fraction of sp³-hybridized carbons (Fsp3) is 0.364. The summed E-state index contributed by atoms with van der Waals surface area (Å²) in [7, 11) is 0. The highest BCUT2D eigenvalue weighted by atomic mass is 19.4. The lowest BCUT2D eigenvalue weighted by Crippen LogP contribution is -2.45. The van der Waals surface area contributed by atoms with E-state index >= 15 is 0 Å². The van der Waals surface area contributed by atoms with Crippen molar-refractivity contribution < 1.29 is 31.5 Å². The molecule has 3 rings (SSSR count). The molecular formula is C22H21F5N2O2. The van der Waals surface area contributed by atoms with Crippen molar-refractivity contribution in [3.8, 4) is 0 Å². The predicted octanol–water partition coefficient (Wildman–Crippen LogP) is 4.90. The van der Waals surface area contributed by atoms with E-state index in [1.165, 1.54) is 6.07 Å². The SMILES string of the molecule is O=C(NC(C(=O)NC1CCCCC1)c1cccc(F)c1F)c1cccc(C(F)(F)F)c1. The van der Waals surface area contributed by atoms with Gasteiger partial charge in [0.25, 0.3) is 5.91 Å². The Morgan fingerprint density at radius 2 is 1.65 bits per heavy atom. The first-order valence-corrected chi connectivity index (χ1v) is 9.89. The monoisotopic (exact) mass is 440 g/mol. The van der Waals surface area contributed by atoms with Crippen molar-refractivity contribution in [2.45, 2.75) is 50.4 Å². The minimum atomic E-state index is -4.66. The van der Waals surface area contributed by atoms with Crippen molar-refractivity contribution in [1.82, 2.24) is 10.6 Å². The number of nitrogens with one attached hydrogen (secondary N) is 2. The van der Waals surface area contributed by atoms with Gasteiger partial charge in [-0.1, -0.05) is 37.5 Å². The molecule has 2 aromatic rings. The number of alkyl halides is 3. The highest BCUT2D eigenvalue weighted by Gasteiger charge is 2.32. The number of amides is 2. The smallest absolute Gasteiger partial charge is 0.351 e. The van der Waals surface area contributed by atoms with Crippen LogP contribution in [0.1, 0.15) is 59.6 Å². The maximum absolute atomic E-state index is 14.4. The molecule has 2 N–H and O–H groups in total. The molecule has 0 spiro atoms. The molecule has 0 bridgehead atoms. The number of benzene rings is 2. The van der Waals surface area contributed by atoms with Gasteiger partial charge in [0.1, 0.15) is 6.04 Å². The largest absolute Gasteiger partial charge is 0.416 e. The zero-order valence-corrected chi connectivity index (χ0v) is 16.4. The maximum atomic E-state index is 14.4. The van der Waals surface area contributed by atoms with Crippen LogP contribution in [0.2, 0.25) is 0 Å². The normalized spacial score (nSPS) is 15.9. The van der Waals surface area contributed by atoms with E-state index in [9.17, 15) is 31.5 Å². The van der Waals surface area contributed by atoms with E-state index in [-0.39, 0.29) is 11.6 Å². The summed E-state index contributed by atoms with van der Waals surface area (Å²) >= 11 is 0. The summed E-state index contributed by atoms with van der Waals surface area (Å²) in [5.41, 5.74) is -1.81. The molecule has 0 aromatic heterocycles. The van der Waals surface area contributed by atoms with Gasteiger partial charge in [-0.05, 0) is 37.1 Å². The summed E-state index contributed by atoms with van der Waals surface area (Å²) in [4.78, 5) is 25.5. The first kappa shape index (κ1) is 22.7. The van der Waals surface area contributed by atoms with Gasteiger partial charge in [0.05, 0.1) is 5.56 Å². The van der Waals surface area contributed by atoms with Crippen molar-refractivity contribution in [3.05, 3.63) is 70.8 Å². The number of halogens is 5. The van der Waals surface area contributed by atoms with E-state index in [4.69, 9.17) is 0 Å². The van der Waals surface area contributed by atoms with E-state index in [2.05, 4.69) is 10.6 Å². The molecule has 1 aliphatic rings. The Bertz CT molecular complexity index is 955. The first-order valence-electron chi connectivity index (χ1n) is 9.89. The number of rotatable bonds is 5. The van der Waals surface area contributed by atoms with Crippen LogP contribution in [0.4, 0.5) is 22.0 Å². The van der Waals surface area contributed by atoms with E-state index in [0.717, 1.165) is 49.6 Å². The zero-order valence-electron chi connectivity index (χ0n) is 16.4. The molecule has 1 unspecified atom stereocenters. The van der Waals surface area contributed by atoms with Gasteiger partial charge in [0.15, 0.2) is 11.6 Å². The van der Waals surface area contributed by atoms with Crippen LogP contribution >= 0.6 is 0 Å². The molecule has 2 amide bonds. The molecule has 31 heavy (non-hydrogen) atoms. The molecule has 4 nitrogen and oxygen atoms in total. The molecule has 0 aliphatic heterocycles. The lowest BCUT2D eigenvalue weighted by atomic mass is 9.94. The molecular weight excluding hydrogens is 419 g/mol.